The second kappa shape index (κ2) is 4.14. The van der Waals surface area contributed by atoms with Crippen molar-refractivity contribution < 1.29 is 5.11 Å². The summed E-state index contributed by atoms with van der Waals surface area (Å²) in [7, 11) is 0. The molecule has 0 amide bonds. The highest BCUT2D eigenvalue weighted by Gasteiger charge is 2.15. The third-order valence-electron chi connectivity index (χ3n) is 2.63. The maximum atomic E-state index is 9.21. The number of hydrogen-bond donors (Lipinski definition) is 2. The zero-order valence-corrected chi connectivity index (χ0v) is 9.70. The molecule has 2 aromatic rings. The van der Waals surface area contributed by atoms with Crippen molar-refractivity contribution in [2.24, 2.45) is 0 Å². The van der Waals surface area contributed by atoms with E-state index < -0.39 is 0 Å². The van der Waals surface area contributed by atoms with Crippen molar-refractivity contribution >= 4 is 16.5 Å². The molecule has 0 fully saturated rings. The third kappa shape index (κ3) is 2.34. The predicted octanol–water partition coefficient (Wildman–Crippen LogP) is 3.02. The molecule has 0 aromatic heterocycles. The van der Waals surface area contributed by atoms with Crippen molar-refractivity contribution in [1.29, 1.82) is 0 Å². The van der Waals surface area contributed by atoms with E-state index in [0.717, 1.165) is 5.69 Å². The molecule has 2 rings (SSSR count). The van der Waals surface area contributed by atoms with Crippen LogP contribution < -0.4 is 5.32 Å². The van der Waals surface area contributed by atoms with Gasteiger partial charge in [0.05, 0.1) is 12.1 Å². The fourth-order valence-electron chi connectivity index (χ4n) is 1.70. The fourth-order valence-corrected chi connectivity index (χ4v) is 1.70. The number of hydrogen-bond acceptors (Lipinski definition) is 2. The summed E-state index contributed by atoms with van der Waals surface area (Å²) < 4.78 is 0. The first kappa shape index (κ1) is 11.0. The Morgan fingerprint density at radius 3 is 2.44 bits per heavy atom. The number of aliphatic hydroxyl groups is 1. The second-order valence-corrected chi connectivity index (χ2v) is 4.73. The Kier molecular flexibility index (Phi) is 2.84. The summed E-state index contributed by atoms with van der Waals surface area (Å²) in [4.78, 5) is 0. The molecule has 2 heteroatoms. The molecule has 2 aromatic carbocycles. The molecule has 0 unspecified atom stereocenters. The van der Waals surface area contributed by atoms with Gasteiger partial charge in [-0.2, -0.15) is 0 Å². The zero-order valence-electron chi connectivity index (χ0n) is 9.70. The lowest BCUT2D eigenvalue weighted by Gasteiger charge is -2.25. The van der Waals surface area contributed by atoms with Crippen LogP contribution in [-0.2, 0) is 0 Å². The molecule has 0 spiro atoms. The van der Waals surface area contributed by atoms with Gasteiger partial charge in [0.1, 0.15) is 0 Å². The Morgan fingerprint density at radius 1 is 1.06 bits per heavy atom. The van der Waals surface area contributed by atoms with E-state index >= 15 is 0 Å². The van der Waals surface area contributed by atoms with Crippen LogP contribution in [0.1, 0.15) is 13.8 Å². The number of fused-ring (bicyclic) bond motifs is 1. The molecule has 0 saturated heterocycles. The molecule has 2 N–H and O–H groups in total. The van der Waals surface area contributed by atoms with Gasteiger partial charge >= 0.3 is 0 Å². The summed E-state index contributed by atoms with van der Waals surface area (Å²) in [5.74, 6) is 0. The molecule has 0 saturated carbocycles. The van der Waals surface area contributed by atoms with Crippen LogP contribution in [0.15, 0.2) is 42.5 Å². The van der Waals surface area contributed by atoms with Gasteiger partial charge in [0, 0.05) is 5.69 Å². The smallest absolute Gasteiger partial charge is 0.0656 e. The van der Waals surface area contributed by atoms with Gasteiger partial charge in [-0.1, -0.05) is 30.3 Å². The minimum absolute atomic E-state index is 0.111. The van der Waals surface area contributed by atoms with Crippen molar-refractivity contribution in [1.82, 2.24) is 0 Å². The van der Waals surface area contributed by atoms with E-state index in [9.17, 15) is 5.11 Å². The summed E-state index contributed by atoms with van der Waals surface area (Å²) >= 11 is 0. The largest absolute Gasteiger partial charge is 0.394 e. The Hall–Kier alpha value is -1.54. The summed E-state index contributed by atoms with van der Waals surface area (Å²) in [5, 5.41) is 15.0. The molecule has 2 nitrogen and oxygen atoms in total. The van der Waals surface area contributed by atoms with E-state index in [2.05, 4.69) is 29.6 Å². The maximum absolute atomic E-state index is 9.21. The van der Waals surface area contributed by atoms with Crippen LogP contribution in [-0.4, -0.2) is 17.3 Å². The molecule has 0 atom stereocenters. The molecule has 16 heavy (non-hydrogen) atoms. The molecule has 0 aliphatic rings. The minimum atomic E-state index is -0.289. The van der Waals surface area contributed by atoms with E-state index in [-0.39, 0.29) is 12.1 Å². The summed E-state index contributed by atoms with van der Waals surface area (Å²) in [5.41, 5.74) is 0.750. The van der Waals surface area contributed by atoms with E-state index in [4.69, 9.17) is 0 Å². The van der Waals surface area contributed by atoms with Gasteiger partial charge in [0.15, 0.2) is 0 Å². The monoisotopic (exact) mass is 215 g/mol. The lowest BCUT2D eigenvalue weighted by atomic mass is 10.1. The first-order valence-corrected chi connectivity index (χ1v) is 5.49. The highest BCUT2D eigenvalue weighted by atomic mass is 16.3. The van der Waals surface area contributed by atoms with Crippen molar-refractivity contribution in [3.8, 4) is 0 Å². The third-order valence-corrected chi connectivity index (χ3v) is 2.63. The van der Waals surface area contributed by atoms with Crippen LogP contribution in [0.25, 0.3) is 10.8 Å². The Bertz CT molecular complexity index is 491. The minimum Gasteiger partial charge on any atom is -0.394 e. The van der Waals surface area contributed by atoms with Crippen LogP contribution in [0, 0.1) is 0 Å². The van der Waals surface area contributed by atoms with Gasteiger partial charge in [0.25, 0.3) is 0 Å². The Balaban J connectivity index is 2.33. The maximum Gasteiger partial charge on any atom is 0.0656 e. The summed E-state index contributed by atoms with van der Waals surface area (Å²) in [6, 6.07) is 14.5. The van der Waals surface area contributed by atoms with Crippen LogP contribution in [0.5, 0.6) is 0 Å². The average Bonchev–Trinajstić information content (AvgIpc) is 2.28. The van der Waals surface area contributed by atoms with Gasteiger partial charge in [0.2, 0.25) is 0 Å². The molecule has 0 heterocycles. The lowest BCUT2D eigenvalue weighted by molar-refractivity contribution is 0.234. The topological polar surface area (TPSA) is 32.3 Å². The van der Waals surface area contributed by atoms with Gasteiger partial charge in [-0.05, 0) is 36.8 Å². The van der Waals surface area contributed by atoms with Crippen molar-refractivity contribution in [3.05, 3.63) is 42.5 Å². The number of rotatable bonds is 3. The first-order chi connectivity index (χ1) is 7.61. The molecule has 0 radical (unpaired) electrons. The Labute approximate surface area is 95.9 Å². The highest BCUT2D eigenvalue weighted by Crippen LogP contribution is 2.21. The van der Waals surface area contributed by atoms with Crippen molar-refractivity contribution in [2.45, 2.75) is 19.4 Å². The predicted molar refractivity (Wildman–Crippen MR) is 68.7 cm³/mol. The molecule has 0 bridgehead atoms. The Morgan fingerprint density at radius 2 is 1.75 bits per heavy atom. The molecule has 0 aliphatic heterocycles. The van der Waals surface area contributed by atoms with Crippen molar-refractivity contribution in [3.63, 3.8) is 0 Å². The summed E-state index contributed by atoms with van der Waals surface area (Å²) in [6.45, 7) is 4.06. The van der Waals surface area contributed by atoms with Crippen LogP contribution >= 0.6 is 0 Å². The van der Waals surface area contributed by atoms with Crippen LogP contribution in [0.4, 0.5) is 5.69 Å². The van der Waals surface area contributed by atoms with E-state index in [1.165, 1.54) is 10.8 Å². The van der Waals surface area contributed by atoms with Gasteiger partial charge in [-0.3, -0.25) is 0 Å². The lowest BCUT2D eigenvalue weighted by Crippen LogP contribution is -2.34. The van der Waals surface area contributed by atoms with E-state index in [0.29, 0.717) is 0 Å². The first-order valence-electron chi connectivity index (χ1n) is 5.49. The molecule has 0 aliphatic carbocycles. The van der Waals surface area contributed by atoms with Gasteiger partial charge in [-0.15, -0.1) is 0 Å². The second-order valence-electron chi connectivity index (χ2n) is 4.73. The van der Waals surface area contributed by atoms with E-state index in [1.54, 1.807) is 0 Å². The number of aliphatic hydroxyl groups excluding tert-OH is 1. The van der Waals surface area contributed by atoms with Crippen LogP contribution in [0.3, 0.4) is 0 Å². The molecular weight excluding hydrogens is 198 g/mol. The van der Waals surface area contributed by atoms with Crippen LogP contribution in [0.2, 0.25) is 0 Å². The average molecular weight is 215 g/mol. The zero-order chi connectivity index (χ0) is 11.6. The van der Waals surface area contributed by atoms with Gasteiger partial charge < -0.3 is 10.4 Å². The van der Waals surface area contributed by atoms with E-state index in [1.807, 2.05) is 32.0 Å². The normalized spacial score (nSPS) is 11.7. The highest BCUT2D eigenvalue weighted by molar-refractivity contribution is 5.85. The number of benzene rings is 2. The SMILES string of the molecule is CC(C)(CO)Nc1ccc2ccccc2c1. The molecular formula is C14H17NO. The van der Waals surface area contributed by atoms with Gasteiger partial charge in [-0.25, -0.2) is 0 Å². The molecule has 84 valence electrons. The summed E-state index contributed by atoms with van der Waals surface area (Å²) in [6.07, 6.45) is 0. The quantitative estimate of drug-likeness (QED) is 0.824. The number of anilines is 1. The fraction of sp³-hybridized carbons (Fsp3) is 0.286. The standard InChI is InChI=1S/C14H17NO/c1-14(2,10-16)15-13-8-7-11-5-3-4-6-12(11)9-13/h3-9,15-16H,10H2,1-2H3. The number of nitrogens with one attached hydrogen (secondary N) is 1. The van der Waals surface area contributed by atoms with Crippen molar-refractivity contribution in [2.75, 3.05) is 11.9 Å².